The number of rotatable bonds is 8. The van der Waals surface area contributed by atoms with E-state index in [0.717, 1.165) is 43.1 Å². The molecule has 0 radical (unpaired) electrons. The number of anilines is 1. The number of hydrogen-bond acceptors (Lipinski definition) is 6. The molecule has 0 saturated carbocycles. The Balaban J connectivity index is 1.66. The van der Waals surface area contributed by atoms with Crippen molar-refractivity contribution >= 4 is 11.6 Å². The van der Waals surface area contributed by atoms with E-state index >= 15 is 0 Å². The van der Waals surface area contributed by atoms with Gasteiger partial charge in [-0.25, -0.2) is 4.98 Å². The molecule has 150 valence electrons. The molecule has 7 heteroatoms. The highest BCUT2D eigenvalue weighted by Crippen LogP contribution is 2.34. The molecule has 0 spiro atoms. The van der Waals surface area contributed by atoms with Crippen molar-refractivity contribution in [2.45, 2.75) is 19.4 Å². The van der Waals surface area contributed by atoms with Crippen LogP contribution in [-0.2, 0) is 17.7 Å². The second-order valence-corrected chi connectivity index (χ2v) is 6.65. The molecule has 0 unspecified atom stereocenters. The zero-order chi connectivity index (χ0) is 19.9. The first-order chi connectivity index (χ1) is 13.7. The van der Waals surface area contributed by atoms with Crippen molar-refractivity contribution in [3.8, 4) is 11.5 Å². The van der Waals surface area contributed by atoms with Crippen LogP contribution in [-0.4, -0.2) is 51.9 Å². The minimum Gasteiger partial charge on any atom is -0.493 e. The minimum atomic E-state index is -0.163. The zero-order valence-electron chi connectivity index (χ0n) is 16.7. The summed E-state index contributed by atoms with van der Waals surface area (Å²) in [5, 5.41) is 2.85. The van der Waals surface area contributed by atoms with Gasteiger partial charge in [0.15, 0.2) is 11.5 Å². The summed E-state index contributed by atoms with van der Waals surface area (Å²) in [6.45, 7) is 2.84. The fourth-order valence-electron chi connectivity index (χ4n) is 3.32. The summed E-state index contributed by atoms with van der Waals surface area (Å²) < 4.78 is 15.8. The third kappa shape index (κ3) is 4.54. The molecule has 0 saturated heterocycles. The van der Waals surface area contributed by atoms with Crippen LogP contribution in [0.15, 0.2) is 30.5 Å². The number of nitrogens with one attached hydrogen (secondary N) is 1. The highest BCUT2D eigenvalue weighted by Gasteiger charge is 2.20. The number of hydrogen-bond donors (Lipinski definition) is 1. The summed E-state index contributed by atoms with van der Waals surface area (Å²) in [5.74, 6) is 1.34. The van der Waals surface area contributed by atoms with Crippen molar-refractivity contribution < 1.29 is 19.0 Å². The van der Waals surface area contributed by atoms with Gasteiger partial charge in [-0.3, -0.25) is 4.79 Å². The maximum Gasteiger partial charge on any atom is 0.269 e. The Morgan fingerprint density at radius 2 is 1.89 bits per heavy atom. The fraction of sp³-hybridized carbons (Fsp3) is 0.429. The molecule has 0 atom stereocenters. The summed E-state index contributed by atoms with van der Waals surface area (Å²) in [5.41, 5.74) is 3.90. The Hall–Kier alpha value is -2.80. The molecule has 0 aliphatic carbocycles. The molecule has 2 aromatic rings. The van der Waals surface area contributed by atoms with E-state index in [1.165, 1.54) is 11.1 Å². The number of carbonyl (C=O) groups excluding carboxylic acids is 1. The fourth-order valence-corrected chi connectivity index (χ4v) is 3.32. The Labute approximate surface area is 165 Å². The smallest absolute Gasteiger partial charge is 0.269 e. The van der Waals surface area contributed by atoms with Gasteiger partial charge in [0.1, 0.15) is 5.69 Å². The summed E-state index contributed by atoms with van der Waals surface area (Å²) in [4.78, 5) is 18.7. The number of nitrogens with zero attached hydrogens (tertiary/aromatic N) is 2. The van der Waals surface area contributed by atoms with Crippen LogP contribution in [0, 0.1) is 0 Å². The molecule has 28 heavy (non-hydrogen) atoms. The molecule has 7 nitrogen and oxygen atoms in total. The molecule has 1 aliphatic heterocycles. The summed E-state index contributed by atoms with van der Waals surface area (Å²) in [6, 6.07) is 7.81. The van der Waals surface area contributed by atoms with Gasteiger partial charge in [0.2, 0.25) is 0 Å². The van der Waals surface area contributed by atoms with E-state index in [4.69, 9.17) is 14.2 Å². The predicted molar refractivity (Wildman–Crippen MR) is 107 cm³/mol. The monoisotopic (exact) mass is 385 g/mol. The topological polar surface area (TPSA) is 72.9 Å². The average molecular weight is 385 g/mol. The van der Waals surface area contributed by atoms with Gasteiger partial charge >= 0.3 is 0 Å². The molecule has 2 heterocycles. The number of carbonyl (C=O) groups is 1. The SMILES string of the molecule is COCCCNC(=O)c1ccc(N2CCc3cc(OC)c(OC)cc3C2)cn1. The number of benzene rings is 1. The molecule has 3 rings (SSSR count). The van der Waals surface area contributed by atoms with E-state index in [0.29, 0.717) is 18.8 Å². The zero-order valence-corrected chi connectivity index (χ0v) is 16.7. The van der Waals surface area contributed by atoms with E-state index in [9.17, 15) is 4.79 Å². The van der Waals surface area contributed by atoms with Crippen LogP contribution in [0.25, 0.3) is 0 Å². The van der Waals surface area contributed by atoms with E-state index in [1.54, 1.807) is 33.6 Å². The van der Waals surface area contributed by atoms with Gasteiger partial charge in [-0.1, -0.05) is 0 Å². The molecule has 1 aromatic carbocycles. The number of ether oxygens (including phenoxy) is 3. The van der Waals surface area contributed by atoms with E-state index in [-0.39, 0.29) is 5.91 Å². The number of amides is 1. The van der Waals surface area contributed by atoms with Gasteiger partial charge in [0, 0.05) is 33.4 Å². The average Bonchev–Trinajstić information content (AvgIpc) is 2.75. The van der Waals surface area contributed by atoms with Crippen molar-refractivity contribution in [2.24, 2.45) is 0 Å². The van der Waals surface area contributed by atoms with Crippen molar-refractivity contribution in [1.29, 1.82) is 0 Å². The molecular weight excluding hydrogens is 358 g/mol. The molecule has 1 aliphatic rings. The molecule has 1 aromatic heterocycles. The maximum atomic E-state index is 12.1. The van der Waals surface area contributed by atoms with E-state index < -0.39 is 0 Å². The van der Waals surface area contributed by atoms with Crippen molar-refractivity contribution in [1.82, 2.24) is 10.3 Å². The third-order valence-electron chi connectivity index (χ3n) is 4.87. The molecule has 1 amide bonds. The van der Waals surface area contributed by atoms with E-state index in [1.807, 2.05) is 12.1 Å². The highest BCUT2D eigenvalue weighted by molar-refractivity contribution is 5.92. The minimum absolute atomic E-state index is 0.163. The van der Waals surface area contributed by atoms with Crippen molar-refractivity contribution in [3.05, 3.63) is 47.3 Å². The van der Waals surface area contributed by atoms with Crippen LogP contribution in [0.2, 0.25) is 0 Å². The Kier molecular flexibility index (Phi) is 6.71. The van der Waals surface area contributed by atoms with Gasteiger partial charge in [-0.05, 0) is 48.2 Å². The van der Waals surface area contributed by atoms with Gasteiger partial charge in [0.05, 0.1) is 26.1 Å². The molecule has 1 N–H and O–H groups in total. The second kappa shape index (κ2) is 9.41. The number of fused-ring (bicyclic) bond motifs is 1. The number of aromatic nitrogens is 1. The Morgan fingerprint density at radius 1 is 1.14 bits per heavy atom. The second-order valence-electron chi connectivity index (χ2n) is 6.65. The highest BCUT2D eigenvalue weighted by atomic mass is 16.5. The normalized spacial score (nSPS) is 13.0. The van der Waals surface area contributed by atoms with Gasteiger partial charge in [-0.15, -0.1) is 0 Å². The summed E-state index contributed by atoms with van der Waals surface area (Å²) in [7, 11) is 4.95. The lowest BCUT2D eigenvalue weighted by Crippen LogP contribution is -2.31. The molecule has 0 fully saturated rings. The van der Waals surface area contributed by atoms with Crippen LogP contribution in [0.5, 0.6) is 11.5 Å². The molecular formula is C21H27N3O4. The molecule has 0 bridgehead atoms. The standard InChI is InChI=1S/C21H27N3O4/c1-26-10-4-8-22-21(25)18-6-5-17(13-23-18)24-9-7-15-11-19(27-2)20(28-3)12-16(15)14-24/h5-6,11-13H,4,7-10,14H2,1-3H3,(H,22,25). The van der Waals surface area contributed by atoms with Crippen molar-refractivity contribution in [2.75, 3.05) is 45.9 Å². The van der Waals surface area contributed by atoms with E-state index in [2.05, 4.69) is 21.3 Å². The van der Waals surface area contributed by atoms with Gasteiger partial charge in [-0.2, -0.15) is 0 Å². The number of methoxy groups -OCH3 is 3. The van der Waals surface area contributed by atoms with Crippen LogP contribution in [0.3, 0.4) is 0 Å². The Morgan fingerprint density at radius 3 is 2.54 bits per heavy atom. The maximum absolute atomic E-state index is 12.1. The quantitative estimate of drug-likeness (QED) is 0.704. The van der Waals surface area contributed by atoms with Crippen LogP contribution in [0.4, 0.5) is 5.69 Å². The van der Waals surface area contributed by atoms with Crippen molar-refractivity contribution in [3.63, 3.8) is 0 Å². The lowest BCUT2D eigenvalue weighted by atomic mass is 9.98. The Bertz CT molecular complexity index is 808. The summed E-state index contributed by atoms with van der Waals surface area (Å²) in [6.07, 6.45) is 3.45. The number of pyridine rings is 1. The van der Waals surface area contributed by atoms with Crippen LogP contribution < -0.4 is 19.7 Å². The van der Waals surface area contributed by atoms with Gasteiger partial charge in [0.25, 0.3) is 5.91 Å². The third-order valence-corrected chi connectivity index (χ3v) is 4.87. The summed E-state index contributed by atoms with van der Waals surface area (Å²) >= 11 is 0. The first-order valence-corrected chi connectivity index (χ1v) is 9.38. The largest absolute Gasteiger partial charge is 0.493 e. The predicted octanol–water partition coefficient (Wildman–Crippen LogP) is 2.43. The lowest BCUT2D eigenvalue weighted by Gasteiger charge is -2.31. The van der Waals surface area contributed by atoms with Crippen LogP contribution >= 0.6 is 0 Å². The lowest BCUT2D eigenvalue weighted by molar-refractivity contribution is 0.0943. The first kappa shape index (κ1) is 19.9. The van der Waals surface area contributed by atoms with Gasteiger partial charge < -0.3 is 24.4 Å². The van der Waals surface area contributed by atoms with Crippen LogP contribution in [0.1, 0.15) is 28.0 Å². The first-order valence-electron chi connectivity index (χ1n) is 9.38.